The molecule has 0 saturated carbocycles. The van der Waals surface area contributed by atoms with Crippen LogP contribution < -0.4 is 4.80 Å². The van der Waals surface area contributed by atoms with Gasteiger partial charge in [0.1, 0.15) is 4.21 Å². The molecule has 0 unspecified atom stereocenters. The second-order valence-electron chi connectivity index (χ2n) is 4.25. The fourth-order valence-electron chi connectivity index (χ4n) is 1.95. The zero-order valence-electron chi connectivity index (χ0n) is 11.0. The predicted molar refractivity (Wildman–Crippen MR) is 87.1 cm³/mol. The highest BCUT2D eigenvalue weighted by molar-refractivity contribution is 7.92. The molecule has 0 fully saturated rings. The molecule has 0 aliphatic carbocycles. The largest absolute Gasteiger partial charge is 0.312 e. The van der Waals surface area contributed by atoms with Gasteiger partial charge in [-0.15, -0.1) is 22.3 Å². The number of hydrogen-bond donors (Lipinski definition) is 0. The van der Waals surface area contributed by atoms with Crippen LogP contribution in [-0.4, -0.2) is 13.0 Å². The van der Waals surface area contributed by atoms with Gasteiger partial charge < -0.3 is 4.57 Å². The summed E-state index contributed by atoms with van der Waals surface area (Å²) in [7, 11) is -3.66. The zero-order chi connectivity index (χ0) is 14.9. The Kier molecular flexibility index (Phi) is 3.79. The number of sulfonamides is 1. The minimum absolute atomic E-state index is 0.255. The maximum atomic E-state index is 12.3. The topological polar surface area (TPSA) is 51.4 Å². The van der Waals surface area contributed by atoms with E-state index in [4.69, 9.17) is 0 Å². The Morgan fingerprint density at radius 2 is 2.05 bits per heavy atom. The first-order chi connectivity index (χ1) is 10.1. The van der Waals surface area contributed by atoms with E-state index in [1.165, 1.54) is 22.7 Å². The van der Waals surface area contributed by atoms with E-state index in [0.717, 1.165) is 10.2 Å². The van der Waals surface area contributed by atoms with Crippen molar-refractivity contribution in [3.63, 3.8) is 0 Å². The highest BCUT2D eigenvalue weighted by Crippen LogP contribution is 2.20. The Hall–Kier alpha value is -1.70. The molecule has 0 bridgehead atoms. The van der Waals surface area contributed by atoms with Crippen molar-refractivity contribution < 1.29 is 8.42 Å². The van der Waals surface area contributed by atoms with Crippen LogP contribution in [0.1, 0.15) is 0 Å². The van der Waals surface area contributed by atoms with Gasteiger partial charge in [-0.2, -0.15) is 8.42 Å². The van der Waals surface area contributed by atoms with E-state index in [0.29, 0.717) is 11.3 Å². The Labute approximate surface area is 130 Å². The molecule has 0 saturated heterocycles. The molecule has 3 aromatic rings. The molecule has 0 amide bonds. The molecule has 0 N–H and O–H groups in total. The zero-order valence-corrected chi connectivity index (χ0v) is 13.4. The fourth-order valence-corrected chi connectivity index (χ4v) is 5.17. The molecule has 108 valence electrons. The number of para-hydroxylation sites is 1. The van der Waals surface area contributed by atoms with Gasteiger partial charge >= 0.3 is 0 Å². The predicted octanol–water partition coefficient (Wildman–Crippen LogP) is 3.24. The second-order valence-corrected chi connectivity index (χ2v) is 8.04. The molecule has 0 atom stereocenters. The minimum Gasteiger partial charge on any atom is -0.312 e. The summed E-state index contributed by atoms with van der Waals surface area (Å²) >= 11 is 2.53. The summed E-state index contributed by atoms with van der Waals surface area (Å²) in [5, 5.41) is 1.73. The van der Waals surface area contributed by atoms with Gasteiger partial charge in [0, 0.05) is 6.54 Å². The van der Waals surface area contributed by atoms with Crippen LogP contribution in [0, 0.1) is 0 Å². The highest BCUT2D eigenvalue weighted by Gasteiger charge is 2.15. The minimum atomic E-state index is -3.66. The van der Waals surface area contributed by atoms with Gasteiger partial charge in [-0.1, -0.05) is 35.6 Å². The number of aromatic nitrogens is 1. The monoisotopic (exact) mass is 336 g/mol. The summed E-state index contributed by atoms with van der Waals surface area (Å²) < 4.78 is 31.7. The molecule has 0 spiro atoms. The second kappa shape index (κ2) is 5.59. The van der Waals surface area contributed by atoms with E-state index >= 15 is 0 Å². The van der Waals surface area contributed by atoms with Crippen molar-refractivity contribution >= 4 is 42.9 Å². The molecule has 21 heavy (non-hydrogen) atoms. The van der Waals surface area contributed by atoms with Gasteiger partial charge in [0.15, 0.2) is 0 Å². The van der Waals surface area contributed by atoms with E-state index in [9.17, 15) is 8.42 Å². The normalized spacial score (nSPS) is 12.9. The summed E-state index contributed by atoms with van der Waals surface area (Å²) in [6.07, 6.45) is 1.73. The van der Waals surface area contributed by atoms with Crippen molar-refractivity contribution in [2.45, 2.75) is 10.8 Å². The number of benzene rings is 1. The summed E-state index contributed by atoms with van der Waals surface area (Å²) in [6.45, 7) is 4.24. The number of fused-ring (bicyclic) bond motifs is 1. The first-order valence-corrected chi connectivity index (χ1v) is 9.29. The Morgan fingerprint density at radius 1 is 1.24 bits per heavy atom. The van der Waals surface area contributed by atoms with Crippen LogP contribution in [0.4, 0.5) is 0 Å². The summed E-state index contributed by atoms with van der Waals surface area (Å²) in [5.74, 6) is 0. The van der Waals surface area contributed by atoms with Crippen LogP contribution in [-0.2, 0) is 16.6 Å². The Balaban J connectivity index is 2.27. The number of hydrogen-bond acceptors (Lipinski definition) is 4. The summed E-state index contributed by atoms with van der Waals surface area (Å²) in [5.41, 5.74) is 0.961. The Morgan fingerprint density at radius 3 is 2.76 bits per heavy atom. The lowest BCUT2D eigenvalue weighted by molar-refractivity contribution is 0.598. The standard InChI is InChI=1S/C14H12N2O2S3/c1-2-9-16-11-6-3-4-7-12(11)20-14(16)15-21(17,18)13-8-5-10-19-13/h2-8,10H,1,9H2/b15-14-. The first kappa shape index (κ1) is 14.2. The van der Waals surface area contributed by atoms with Crippen molar-refractivity contribution in [3.05, 3.63) is 59.2 Å². The van der Waals surface area contributed by atoms with Crippen LogP contribution >= 0.6 is 22.7 Å². The van der Waals surface area contributed by atoms with Gasteiger partial charge in [0.2, 0.25) is 4.80 Å². The molecule has 3 rings (SSSR count). The van der Waals surface area contributed by atoms with Crippen LogP contribution in [0.5, 0.6) is 0 Å². The number of thiophene rings is 1. The van der Waals surface area contributed by atoms with Crippen LogP contribution in [0.15, 0.2) is 63.0 Å². The van der Waals surface area contributed by atoms with Gasteiger partial charge in [-0.25, -0.2) is 0 Å². The molecule has 1 aromatic carbocycles. The van der Waals surface area contributed by atoms with Gasteiger partial charge in [-0.3, -0.25) is 0 Å². The molecular formula is C14H12N2O2S3. The molecular weight excluding hydrogens is 324 g/mol. The smallest absolute Gasteiger partial charge is 0.294 e. The lowest BCUT2D eigenvalue weighted by atomic mass is 10.3. The van der Waals surface area contributed by atoms with Gasteiger partial charge in [0.05, 0.1) is 10.2 Å². The molecule has 0 aliphatic rings. The van der Waals surface area contributed by atoms with Crippen molar-refractivity contribution in [1.82, 2.24) is 4.57 Å². The van der Waals surface area contributed by atoms with Crippen LogP contribution in [0.2, 0.25) is 0 Å². The fraction of sp³-hybridized carbons (Fsp3) is 0.0714. The average molecular weight is 336 g/mol. The molecule has 2 heterocycles. The third kappa shape index (κ3) is 2.72. The maximum absolute atomic E-state index is 12.3. The lowest BCUT2D eigenvalue weighted by Crippen LogP contribution is -2.16. The lowest BCUT2D eigenvalue weighted by Gasteiger charge is -2.00. The van der Waals surface area contributed by atoms with Crippen molar-refractivity contribution in [2.75, 3.05) is 0 Å². The summed E-state index contributed by atoms with van der Waals surface area (Å²) in [6, 6.07) is 11.0. The van der Waals surface area contributed by atoms with Gasteiger partial charge in [-0.05, 0) is 23.6 Å². The number of thiazole rings is 1. The molecule has 4 nitrogen and oxygen atoms in total. The Bertz CT molecular complexity index is 948. The molecule has 0 radical (unpaired) electrons. The van der Waals surface area contributed by atoms with E-state index in [2.05, 4.69) is 11.0 Å². The van der Waals surface area contributed by atoms with Crippen molar-refractivity contribution in [3.8, 4) is 0 Å². The molecule has 0 aliphatic heterocycles. The molecule has 2 aromatic heterocycles. The van der Waals surface area contributed by atoms with E-state index in [1.54, 1.807) is 23.6 Å². The SMILES string of the molecule is C=CCn1/c(=N/S(=O)(=O)c2cccs2)sc2ccccc21. The van der Waals surface area contributed by atoms with E-state index in [1.807, 2.05) is 28.8 Å². The quantitative estimate of drug-likeness (QED) is 0.687. The number of nitrogens with zero attached hydrogens (tertiary/aromatic N) is 2. The van der Waals surface area contributed by atoms with Crippen molar-refractivity contribution in [1.29, 1.82) is 0 Å². The highest BCUT2D eigenvalue weighted by atomic mass is 32.2. The van der Waals surface area contributed by atoms with Crippen LogP contribution in [0.25, 0.3) is 10.2 Å². The van der Waals surface area contributed by atoms with Gasteiger partial charge in [0.25, 0.3) is 10.0 Å². The number of rotatable bonds is 4. The van der Waals surface area contributed by atoms with Crippen molar-refractivity contribution in [2.24, 2.45) is 4.40 Å². The van der Waals surface area contributed by atoms with E-state index in [-0.39, 0.29) is 4.21 Å². The molecule has 7 heteroatoms. The first-order valence-electron chi connectivity index (χ1n) is 6.15. The third-order valence-electron chi connectivity index (χ3n) is 2.85. The van der Waals surface area contributed by atoms with Crippen LogP contribution in [0.3, 0.4) is 0 Å². The number of allylic oxidation sites excluding steroid dienone is 1. The maximum Gasteiger partial charge on any atom is 0.294 e. The third-order valence-corrected chi connectivity index (χ3v) is 6.66. The summed E-state index contributed by atoms with van der Waals surface area (Å²) in [4.78, 5) is 0.463. The average Bonchev–Trinajstić information content (AvgIpc) is 3.08. The van der Waals surface area contributed by atoms with E-state index < -0.39 is 10.0 Å².